The highest BCUT2D eigenvalue weighted by atomic mass is 35.5. The molecule has 0 amide bonds. The lowest BCUT2D eigenvalue weighted by Gasteiger charge is -1.95. The average molecular weight is 224 g/mol. The molecule has 0 atom stereocenters. The predicted molar refractivity (Wildman–Crippen MR) is 57.7 cm³/mol. The van der Waals surface area contributed by atoms with Gasteiger partial charge in [0.15, 0.2) is 5.76 Å². The molecule has 1 heterocycles. The minimum Gasteiger partial charge on any atom is -0.439 e. The highest BCUT2D eigenvalue weighted by molar-refractivity contribution is 6.30. The molecule has 2 aromatic rings. The van der Waals surface area contributed by atoms with Crippen LogP contribution in [0.15, 0.2) is 34.9 Å². The van der Waals surface area contributed by atoms with Gasteiger partial charge in [0, 0.05) is 17.7 Å². The molecule has 0 fully saturated rings. The zero-order valence-corrected chi connectivity index (χ0v) is 8.99. The fraction of sp³-hybridized carbons (Fsp3) is 0.182. The van der Waals surface area contributed by atoms with E-state index in [0.29, 0.717) is 23.3 Å². The van der Waals surface area contributed by atoms with Crippen LogP contribution in [0.2, 0.25) is 5.02 Å². The molecule has 3 nitrogen and oxygen atoms in total. The maximum atomic E-state index is 5.78. The minimum absolute atomic E-state index is 0.431. The van der Waals surface area contributed by atoms with Gasteiger partial charge in [-0.05, 0) is 24.3 Å². The Kier molecular flexibility index (Phi) is 3.04. The maximum Gasteiger partial charge on any atom is 0.226 e. The number of ether oxygens (including phenoxy) is 1. The number of oxazole rings is 1. The smallest absolute Gasteiger partial charge is 0.226 e. The van der Waals surface area contributed by atoms with Crippen LogP contribution < -0.4 is 0 Å². The van der Waals surface area contributed by atoms with E-state index >= 15 is 0 Å². The zero-order valence-electron chi connectivity index (χ0n) is 8.24. The molecule has 15 heavy (non-hydrogen) atoms. The molecule has 78 valence electrons. The first-order chi connectivity index (χ1) is 7.29. The summed E-state index contributed by atoms with van der Waals surface area (Å²) in [6.45, 7) is 0.431. The number of halogens is 1. The summed E-state index contributed by atoms with van der Waals surface area (Å²) in [6.07, 6.45) is 1.66. The Hall–Kier alpha value is -1.32. The number of aromatic nitrogens is 1. The molecular formula is C11H10ClNO2. The number of benzene rings is 1. The highest BCUT2D eigenvalue weighted by Gasteiger charge is 2.05. The Morgan fingerprint density at radius 3 is 2.73 bits per heavy atom. The lowest BCUT2D eigenvalue weighted by atomic mass is 10.2. The molecule has 0 radical (unpaired) electrons. The molecule has 0 aliphatic carbocycles. The van der Waals surface area contributed by atoms with Crippen molar-refractivity contribution in [3.8, 4) is 11.5 Å². The Morgan fingerprint density at radius 2 is 2.07 bits per heavy atom. The summed E-state index contributed by atoms with van der Waals surface area (Å²) >= 11 is 5.78. The van der Waals surface area contributed by atoms with Crippen LogP contribution >= 0.6 is 11.6 Å². The van der Waals surface area contributed by atoms with Crippen LogP contribution in [0, 0.1) is 0 Å². The standard InChI is InChI=1S/C11H10ClNO2/c1-14-7-10-6-13-11(15-10)8-2-4-9(12)5-3-8/h2-6H,7H2,1H3. The Balaban J connectivity index is 2.25. The minimum atomic E-state index is 0.431. The van der Waals surface area contributed by atoms with Gasteiger partial charge in [-0.15, -0.1) is 0 Å². The SMILES string of the molecule is COCc1cnc(-c2ccc(Cl)cc2)o1. The molecule has 0 unspecified atom stereocenters. The Bertz CT molecular complexity index is 436. The lowest BCUT2D eigenvalue weighted by molar-refractivity contribution is 0.165. The van der Waals surface area contributed by atoms with Crippen molar-refractivity contribution in [2.75, 3.05) is 7.11 Å². The number of methoxy groups -OCH3 is 1. The van der Waals surface area contributed by atoms with E-state index < -0.39 is 0 Å². The summed E-state index contributed by atoms with van der Waals surface area (Å²) in [5, 5.41) is 0.697. The number of nitrogens with zero attached hydrogens (tertiary/aromatic N) is 1. The number of hydrogen-bond donors (Lipinski definition) is 0. The number of rotatable bonds is 3. The fourth-order valence-corrected chi connectivity index (χ4v) is 1.37. The van der Waals surface area contributed by atoms with Gasteiger partial charge >= 0.3 is 0 Å². The van der Waals surface area contributed by atoms with E-state index in [9.17, 15) is 0 Å². The van der Waals surface area contributed by atoms with E-state index in [4.69, 9.17) is 20.8 Å². The summed E-state index contributed by atoms with van der Waals surface area (Å²) in [6, 6.07) is 7.34. The normalized spacial score (nSPS) is 10.5. The van der Waals surface area contributed by atoms with Gasteiger partial charge in [-0.2, -0.15) is 0 Å². The van der Waals surface area contributed by atoms with Crippen molar-refractivity contribution in [2.45, 2.75) is 6.61 Å². The molecule has 0 aliphatic heterocycles. The van der Waals surface area contributed by atoms with Gasteiger partial charge in [-0.25, -0.2) is 4.98 Å². The molecule has 0 bridgehead atoms. The first kappa shape index (κ1) is 10.2. The quantitative estimate of drug-likeness (QED) is 0.802. The molecular weight excluding hydrogens is 214 g/mol. The zero-order chi connectivity index (χ0) is 10.7. The molecule has 0 saturated carbocycles. The Labute approximate surface area is 92.6 Å². The average Bonchev–Trinajstić information content (AvgIpc) is 2.68. The summed E-state index contributed by atoms with van der Waals surface area (Å²) in [5.74, 6) is 1.29. The summed E-state index contributed by atoms with van der Waals surface area (Å²) in [5.41, 5.74) is 0.904. The first-order valence-corrected chi connectivity index (χ1v) is 4.87. The molecule has 0 spiro atoms. The van der Waals surface area contributed by atoms with Crippen molar-refractivity contribution < 1.29 is 9.15 Å². The molecule has 0 aliphatic rings. The van der Waals surface area contributed by atoms with E-state index in [2.05, 4.69) is 4.98 Å². The van der Waals surface area contributed by atoms with E-state index in [1.54, 1.807) is 25.4 Å². The van der Waals surface area contributed by atoms with E-state index in [0.717, 1.165) is 5.56 Å². The molecule has 2 rings (SSSR count). The van der Waals surface area contributed by atoms with Crippen LogP contribution in [0.25, 0.3) is 11.5 Å². The van der Waals surface area contributed by atoms with Gasteiger partial charge in [0.05, 0.1) is 6.20 Å². The van der Waals surface area contributed by atoms with Gasteiger partial charge in [0.25, 0.3) is 0 Å². The van der Waals surface area contributed by atoms with Crippen molar-refractivity contribution in [1.29, 1.82) is 0 Å². The molecule has 4 heteroatoms. The van der Waals surface area contributed by atoms with Crippen molar-refractivity contribution in [2.24, 2.45) is 0 Å². The van der Waals surface area contributed by atoms with Crippen molar-refractivity contribution >= 4 is 11.6 Å². The predicted octanol–water partition coefficient (Wildman–Crippen LogP) is 3.14. The van der Waals surface area contributed by atoms with Gasteiger partial charge in [0.2, 0.25) is 5.89 Å². The molecule has 0 N–H and O–H groups in total. The van der Waals surface area contributed by atoms with Gasteiger partial charge < -0.3 is 9.15 Å². The monoisotopic (exact) mass is 223 g/mol. The topological polar surface area (TPSA) is 35.3 Å². The van der Waals surface area contributed by atoms with Crippen LogP contribution in [0.4, 0.5) is 0 Å². The lowest BCUT2D eigenvalue weighted by Crippen LogP contribution is -1.81. The van der Waals surface area contributed by atoms with Crippen molar-refractivity contribution in [3.05, 3.63) is 41.2 Å². The van der Waals surface area contributed by atoms with Crippen LogP contribution in [0.1, 0.15) is 5.76 Å². The summed E-state index contributed by atoms with van der Waals surface area (Å²) < 4.78 is 10.4. The molecule has 0 saturated heterocycles. The number of hydrogen-bond acceptors (Lipinski definition) is 3. The second-order valence-corrected chi connectivity index (χ2v) is 3.51. The van der Waals surface area contributed by atoms with Gasteiger partial charge in [-0.3, -0.25) is 0 Å². The first-order valence-electron chi connectivity index (χ1n) is 4.49. The van der Waals surface area contributed by atoms with Crippen LogP contribution in [0.5, 0.6) is 0 Å². The largest absolute Gasteiger partial charge is 0.439 e. The fourth-order valence-electron chi connectivity index (χ4n) is 1.24. The van der Waals surface area contributed by atoms with E-state index in [1.165, 1.54) is 0 Å². The van der Waals surface area contributed by atoms with Crippen LogP contribution in [-0.4, -0.2) is 12.1 Å². The molecule has 1 aromatic heterocycles. The van der Waals surface area contributed by atoms with Crippen LogP contribution in [0.3, 0.4) is 0 Å². The second kappa shape index (κ2) is 4.47. The molecule has 1 aromatic carbocycles. The summed E-state index contributed by atoms with van der Waals surface area (Å²) in [4.78, 5) is 4.14. The second-order valence-electron chi connectivity index (χ2n) is 3.07. The third kappa shape index (κ3) is 2.37. The Morgan fingerprint density at radius 1 is 1.33 bits per heavy atom. The highest BCUT2D eigenvalue weighted by Crippen LogP contribution is 2.21. The van der Waals surface area contributed by atoms with E-state index in [-0.39, 0.29) is 0 Å². The summed E-state index contributed by atoms with van der Waals surface area (Å²) in [7, 11) is 1.62. The third-order valence-corrected chi connectivity index (χ3v) is 2.18. The van der Waals surface area contributed by atoms with Crippen LogP contribution in [-0.2, 0) is 11.3 Å². The van der Waals surface area contributed by atoms with Gasteiger partial charge in [-0.1, -0.05) is 11.6 Å². The third-order valence-electron chi connectivity index (χ3n) is 1.93. The maximum absolute atomic E-state index is 5.78. The van der Waals surface area contributed by atoms with Gasteiger partial charge in [0.1, 0.15) is 6.61 Å². The van der Waals surface area contributed by atoms with E-state index in [1.807, 2.05) is 12.1 Å². The van der Waals surface area contributed by atoms with Crippen molar-refractivity contribution in [3.63, 3.8) is 0 Å². The van der Waals surface area contributed by atoms with Crippen molar-refractivity contribution in [1.82, 2.24) is 4.98 Å².